The first-order valence-electron chi connectivity index (χ1n) is 10.9. The molecule has 1 aromatic heterocycles. The van der Waals surface area contributed by atoms with Crippen molar-refractivity contribution >= 4 is 18.0 Å². The zero-order valence-corrected chi connectivity index (χ0v) is 19.0. The number of ether oxygens (including phenoxy) is 2. The highest BCUT2D eigenvalue weighted by Gasteiger charge is 2.24. The molecule has 0 saturated carbocycles. The molecule has 0 bridgehead atoms. The van der Waals surface area contributed by atoms with E-state index in [9.17, 15) is 18.4 Å². The van der Waals surface area contributed by atoms with Gasteiger partial charge in [-0.3, -0.25) is 4.79 Å². The summed E-state index contributed by atoms with van der Waals surface area (Å²) in [5.74, 6) is -1.47. The standard InChI is InChI=1S/C24H29F2N3O4/c1-24(2,3)33-23(31)28-19(14-16-12-17(25)15-18(26)13-16)20(30)7-8-21-27-9-10-29(21)22-6-4-5-11-32-22/h7-10,12-13,15,19,22H,4-6,11,14H2,1-3H3,(H,28,31)/b8-7+. The van der Waals surface area contributed by atoms with Crippen LogP contribution in [0.15, 0.2) is 36.7 Å². The van der Waals surface area contributed by atoms with Gasteiger partial charge in [-0.1, -0.05) is 0 Å². The summed E-state index contributed by atoms with van der Waals surface area (Å²) >= 11 is 0. The summed E-state index contributed by atoms with van der Waals surface area (Å²) in [6.07, 6.45) is 8.06. The number of imidazole rings is 1. The zero-order valence-electron chi connectivity index (χ0n) is 19.0. The van der Waals surface area contributed by atoms with Gasteiger partial charge >= 0.3 is 6.09 Å². The number of halogens is 2. The van der Waals surface area contributed by atoms with E-state index < -0.39 is 35.2 Å². The molecular weight excluding hydrogens is 432 g/mol. The lowest BCUT2D eigenvalue weighted by molar-refractivity contribution is -0.116. The normalized spacial score (nSPS) is 17.7. The van der Waals surface area contributed by atoms with Crippen LogP contribution in [0, 0.1) is 11.6 Å². The average Bonchev–Trinajstić information content (AvgIpc) is 3.18. The van der Waals surface area contributed by atoms with Crippen LogP contribution < -0.4 is 5.32 Å². The van der Waals surface area contributed by atoms with Crippen LogP contribution in [0.4, 0.5) is 13.6 Å². The highest BCUT2D eigenvalue weighted by Crippen LogP contribution is 2.24. The maximum absolute atomic E-state index is 13.6. The molecule has 2 heterocycles. The van der Waals surface area contributed by atoms with Crippen LogP contribution >= 0.6 is 0 Å². The summed E-state index contributed by atoms with van der Waals surface area (Å²) in [6, 6.07) is 1.90. The molecule has 178 valence electrons. The molecule has 33 heavy (non-hydrogen) atoms. The minimum absolute atomic E-state index is 0.114. The predicted octanol–water partition coefficient (Wildman–Crippen LogP) is 4.58. The van der Waals surface area contributed by atoms with Crippen molar-refractivity contribution in [3.05, 3.63) is 59.7 Å². The SMILES string of the molecule is CC(C)(C)OC(=O)NC(Cc1cc(F)cc(F)c1)C(=O)/C=C/c1nccn1C1CCCCO1. The Balaban J connectivity index is 1.78. The van der Waals surface area contributed by atoms with E-state index in [4.69, 9.17) is 9.47 Å². The molecule has 1 aromatic carbocycles. The van der Waals surface area contributed by atoms with E-state index in [1.54, 1.807) is 33.2 Å². The Morgan fingerprint density at radius 2 is 2.00 bits per heavy atom. The summed E-state index contributed by atoms with van der Waals surface area (Å²) < 4.78 is 40.2. The lowest BCUT2D eigenvalue weighted by Crippen LogP contribution is -2.44. The van der Waals surface area contributed by atoms with E-state index >= 15 is 0 Å². The number of aromatic nitrogens is 2. The van der Waals surface area contributed by atoms with E-state index in [0.717, 1.165) is 37.5 Å². The molecule has 9 heteroatoms. The number of hydrogen-bond donors (Lipinski definition) is 1. The minimum atomic E-state index is -1.09. The first-order valence-corrected chi connectivity index (χ1v) is 10.9. The van der Waals surface area contributed by atoms with Gasteiger partial charge in [0.25, 0.3) is 0 Å². The van der Waals surface area contributed by atoms with Gasteiger partial charge in [-0.15, -0.1) is 0 Å². The predicted molar refractivity (Wildman–Crippen MR) is 118 cm³/mol. The third-order valence-corrected chi connectivity index (χ3v) is 4.96. The molecule has 3 rings (SSSR count). The number of amides is 1. The van der Waals surface area contributed by atoms with Crippen molar-refractivity contribution in [2.75, 3.05) is 6.61 Å². The van der Waals surface area contributed by atoms with Gasteiger partial charge in [0, 0.05) is 31.5 Å². The molecule has 0 radical (unpaired) electrons. The maximum Gasteiger partial charge on any atom is 0.408 e. The number of nitrogens with one attached hydrogen (secondary N) is 1. The first kappa shape index (κ1) is 24.6. The zero-order chi connectivity index (χ0) is 24.0. The highest BCUT2D eigenvalue weighted by molar-refractivity contribution is 5.99. The molecule has 1 fully saturated rings. The molecule has 1 saturated heterocycles. The van der Waals surface area contributed by atoms with Gasteiger partial charge < -0.3 is 19.4 Å². The number of benzene rings is 1. The van der Waals surface area contributed by atoms with Crippen molar-refractivity contribution in [3.8, 4) is 0 Å². The molecule has 0 aliphatic carbocycles. The maximum atomic E-state index is 13.6. The van der Waals surface area contributed by atoms with E-state index in [1.807, 2.05) is 4.57 Å². The molecule has 2 unspecified atom stereocenters. The van der Waals surface area contributed by atoms with Crippen LogP contribution in [0.2, 0.25) is 0 Å². The monoisotopic (exact) mass is 461 g/mol. The first-order chi connectivity index (χ1) is 15.6. The molecule has 1 N–H and O–H groups in total. The Kier molecular flexibility index (Phi) is 7.97. The second-order valence-electron chi connectivity index (χ2n) is 8.93. The van der Waals surface area contributed by atoms with Gasteiger partial charge in [-0.2, -0.15) is 0 Å². The summed E-state index contributed by atoms with van der Waals surface area (Å²) in [7, 11) is 0. The van der Waals surface area contributed by atoms with Gasteiger partial charge in [0.2, 0.25) is 0 Å². The average molecular weight is 462 g/mol. The fourth-order valence-corrected chi connectivity index (χ4v) is 3.55. The summed E-state index contributed by atoms with van der Waals surface area (Å²) in [5.41, 5.74) is -0.545. The Morgan fingerprint density at radius 3 is 2.64 bits per heavy atom. The van der Waals surface area contributed by atoms with Crippen LogP contribution in [0.3, 0.4) is 0 Å². The largest absolute Gasteiger partial charge is 0.444 e. The minimum Gasteiger partial charge on any atom is -0.444 e. The Bertz CT molecular complexity index is 987. The van der Waals surface area contributed by atoms with Crippen LogP contribution in [-0.4, -0.2) is 39.7 Å². The van der Waals surface area contributed by atoms with Crippen LogP contribution in [0.25, 0.3) is 6.08 Å². The number of nitrogens with zero attached hydrogens (tertiary/aromatic N) is 2. The highest BCUT2D eigenvalue weighted by atomic mass is 19.1. The topological polar surface area (TPSA) is 82.5 Å². The Morgan fingerprint density at radius 1 is 1.27 bits per heavy atom. The summed E-state index contributed by atoms with van der Waals surface area (Å²) in [4.78, 5) is 29.6. The van der Waals surface area contributed by atoms with Gasteiger partial charge in [0.15, 0.2) is 5.78 Å². The quantitative estimate of drug-likeness (QED) is 0.611. The summed E-state index contributed by atoms with van der Waals surface area (Å²) in [6.45, 7) is 5.74. The van der Waals surface area contributed by atoms with Gasteiger partial charge in [-0.05, 0) is 69.9 Å². The number of carbonyl (C=O) groups is 2. The van der Waals surface area contributed by atoms with E-state index in [1.165, 1.54) is 12.2 Å². The molecular formula is C24H29F2N3O4. The van der Waals surface area contributed by atoms with E-state index in [0.29, 0.717) is 12.4 Å². The lowest BCUT2D eigenvalue weighted by atomic mass is 10.0. The second kappa shape index (κ2) is 10.7. The fraction of sp³-hybridized carbons (Fsp3) is 0.458. The van der Waals surface area contributed by atoms with E-state index in [2.05, 4.69) is 10.3 Å². The Labute approximate surface area is 191 Å². The number of rotatable bonds is 7. The van der Waals surface area contributed by atoms with Crippen molar-refractivity contribution in [1.29, 1.82) is 0 Å². The van der Waals surface area contributed by atoms with Gasteiger partial charge in [0.05, 0.1) is 6.04 Å². The van der Waals surface area contributed by atoms with Crippen molar-refractivity contribution in [3.63, 3.8) is 0 Å². The van der Waals surface area contributed by atoms with Crippen molar-refractivity contribution in [2.24, 2.45) is 0 Å². The Hall–Kier alpha value is -3.07. The molecule has 1 amide bonds. The van der Waals surface area contributed by atoms with Crippen molar-refractivity contribution in [2.45, 2.75) is 64.3 Å². The molecule has 1 aliphatic heterocycles. The summed E-state index contributed by atoms with van der Waals surface area (Å²) in [5, 5.41) is 2.51. The molecule has 2 atom stereocenters. The molecule has 2 aromatic rings. The number of hydrogen-bond acceptors (Lipinski definition) is 5. The number of ketones is 1. The molecule has 7 nitrogen and oxygen atoms in total. The third-order valence-electron chi connectivity index (χ3n) is 4.96. The smallest absolute Gasteiger partial charge is 0.408 e. The molecule has 1 aliphatic rings. The van der Waals surface area contributed by atoms with Crippen LogP contribution in [-0.2, 0) is 20.7 Å². The third kappa shape index (κ3) is 7.49. The van der Waals surface area contributed by atoms with Crippen LogP contribution in [0.1, 0.15) is 57.6 Å². The van der Waals surface area contributed by atoms with Crippen molar-refractivity contribution in [1.82, 2.24) is 14.9 Å². The number of alkyl carbamates (subject to hydrolysis) is 1. The fourth-order valence-electron chi connectivity index (χ4n) is 3.55. The van der Waals surface area contributed by atoms with Gasteiger partial charge in [-0.25, -0.2) is 18.6 Å². The number of carbonyl (C=O) groups excluding carboxylic acids is 2. The van der Waals surface area contributed by atoms with Crippen LogP contribution in [0.5, 0.6) is 0 Å². The second-order valence-corrected chi connectivity index (χ2v) is 8.93. The molecule has 0 spiro atoms. The van der Waals surface area contributed by atoms with Crippen molar-refractivity contribution < 1.29 is 27.8 Å². The lowest BCUT2D eigenvalue weighted by Gasteiger charge is -2.24. The van der Waals surface area contributed by atoms with Gasteiger partial charge in [0.1, 0.15) is 29.3 Å². The van der Waals surface area contributed by atoms with E-state index in [-0.39, 0.29) is 18.2 Å².